The van der Waals surface area contributed by atoms with Crippen LogP contribution in [0.1, 0.15) is 53.7 Å². The van der Waals surface area contributed by atoms with E-state index in [1.807, 2.05) is 12.1 Å². The van der Waals surface area contributed by atoms with Crippen molar-refractivity contribution in [1.29, 1.82) is 0 Å². The van der Waals surface area contributed by atoms with E-state index in [0.29, 0.717) is 40.5 Å². The van der Waals surface area contributed by atoms with Gasteiger partial charge in [-0.25, -0.2) is 0 Å². The number of amides is 1. The van der Waals surface area contributed by atoms with Gasteiger partial charge in [0.05, 0.1) is 13.0 Å². The van der Waals surface area contributed by atoms with E-state index < -0.39 is 0 Å². The minimum atomic E-state index is -0.336. The summed E-state index contributed by atoms with van der Waals surface area (Å²) in [5, 5.41) is 13.3. The van der Waals surface area contributed by atoms with Gasteiger partial charge in [0.25, 0.3) is 5.91 Å². The van der Waals surface area contributed by atoms with Crippen molar-refractivity contribution in [3.05, 3.63) is 64.2 Å². The highest BCUT2D eigenvalue weighted by atomic mass is 16.5. The first-order valence-corrected chi connectivity index (χ1v) is 9.95. The second-order valence-corrected chi connectivity index (χ2v) is 7.49. The molecule has 0 bridgehead atoms. The highest BCUT2D eigenvalue weighted by molar-refractivity contribution is 6.05. The summed E-state index contributed by atoms with van der Waals surface area (Å²) in [7, 11) is 0. The van der Waals surface area contributed by atoms with Gasteiger partial charge in [0.15, 0.2) is 0 Å². The van der Waals surface area contributed by atoms with Crippen molar-refractivity contribution < 1.29 is 19.4 Å². The van der Waals surface area contributed by atoms with Gasteiger partial charge in [-0.3, -0.25) is 9.59 Å². The average molecular weight is 393 g/mol. The molecule has 5 heteroatoms. The van der Waals surface area contributed by atoms with Crippen molar-refractivity contribution in [2.75, 3.05) is 11.9 Å². The first kappa shape index (κ1) is 20.6. The first-order chi connectivity index (χ1) is 13.9. The molecule has 1 saturated carbocycles. The highest BCUT2D eigenvalue weighted by Crippen LogP contribution is 2.38. The summed E-state index contributed by atoms with van der Waals surface area (Å²) in [6.45, 7) is 5.92. The van der Waals surface area contributed by atoms with Gasteiger partial charge in [0.2, 0.25) is 0 Å². The molecular weight excluding hydrogens is 366 g/mol. The number of phenolic OH excluding ortho intramolecular Hbond substituents is 1. The van der Waals surface area contributed by atoms with Crippen LogP contribution in [-0.2, 0) is 16.0 Å². The predicted octanol–water partition coefficient (Wildman–Crippen LogP) is 4.87. The van der Waals surface area contributed by atoms with Gasteiger partial charge in [-0.2, -0.15) is 0 Å². The Bertz CT molecular complexity index is 957. The van der Waals surface area contributed by atoms with Crippen LogP contribution in [0.25, 0.3) is 6.08 Å². The van der Waals surface area contributed by atoms with E-state index in [0.717, 1.165) is 0 Å². The summed E-state index contributed by atoms with van der Waals surface area (Å²) in [6.07, 6.45) is 4.41. The monoisotopic (exact) mass is 393 g/mol. The summed E-state index contributed by atoms with van der Waals surface area (Å²) >= 11 is 0. The van der Waals surface area contributed by atoms with Crippen molar-refractivity contribution in [2.45, 2.75) is 40.0 Å². The Kier molecular flexibility index (Phi) is 6.37. The molecule has 5 nitrogen and oxygen atoms in total. The molecule has 29 heavy (non-hydrogen) atoms. The summed E-state index contributed by atoms with van der Waals surface area (Å²) in [6, 6.07) is 10.6. The number of benzene rings is 2. The number of hydrogen-bond donors (Lipinski definition) is 2. The lowest BCUT2D eigenvalue weighted by Crippen LogP contribution is -2.15. The largest absolute Gasteiger partial charge is 0.507 e. The van der Waals surface area contributed by atoms with Gasteiger partial charge in [0.1, 0.15) is 5.75 Å². The molecule has 0 spiro atoms. The van der Waals surface area contributed by atoms with Gasteiger partial charge in [-0.05, 0) is 68.9 Å². The molecular formula is C24H27NO4. The topological polar surface area (TPSA) is 75.6 Å². The van der Waals surface area contributed by atoms with Crippen LogP contribution < -0.4 is 5.32 Å². The number of phenols is 1. The summed E-state index contributed by atoms with van der Waals surface area (Å²) in [4.78, 5) is 24.7. The van der Waals surface area contributed by atoms with Crippen LogP contribution >= 0.6 is 0 Å². The summed E-state index contributed by atoms with van der Waals surface area (Å²) in [5.41, 5.74) is 4.24. The standard InChI is InChI=1S/C24H27NO4/c1-4-29-22(26)14-18-7-5-6-8-21(18)25-24(28)20-12-16(3)23(27)19(13-20)11-15(2)17-9-10-17/h5-8,11-13,17,27H,4,9-10,14H2,1-3H3,(H,25,28)/b15-11+. The van der Waals surface area contributed by atoms with Crippen LogP contribution in [0.3, 0.4) is 0 Å². The number of hydrogen-bond acceptors (Lipinski definition) is 4. The molecule has 1 amide bonds. The minimum absolute atomic E-state index is 0.0907. The van der Waals surface area contributed by atoms with Gasteiger partial charge in [0, 0.05) is 16.8 Å². The second-order valence-electron chi connectivity index (χ2n) is 7.49. The van der Waals surface area contributed by atoms with Crippen molar-refractivity contribution >= 4 is 23.6 Å². The average Bonchev–Trinajstić information content (AvgIpc) is 3.52. The Morgan fingerprint density at radius 2 is 1.97 bits per heavy atom. The van der Waals surface area contributed by atoms with Gasteiger partial charge >= 0.3 is 5.97 Å². The maximum absolute atomic E-state index is 12.9. The van der Waals surface area contributed by atoms with Crippen molar-refractivity contribution in [1.82, 2.24) is 0 Å². The van der Waals surface area contributed by atoms with E-state index in [-0.39, 0.29) is 24.0 Å². The lowest BCUT2D eigenvalue weighted by molar-refractivity contribution is -0.142. The molecule has 0 heterocycles. The molecule has 152 valence electrons. The zero-order chi connectivity index (χ0) is 21.0. The van der Waals surface area contributed by atoms with E-state index in [9.17, 15) is 14.7 Å². The zero-order valence-electron chi connectivity index (χ0n) is 17.1. The van der Waals surface area contributed by atoms with E-state index in [2.05, 4.69) is 12.2 Å². The lowest BCUT2D eigenvalue weighted by Gasteiger charge is -2.13. The van der Waals surface area contributed by atoms with Crippen LogP contribution in [0.15, 0.2) is 42.0 Å². The van der Waals surface area contributed by atoms with E-state index in [1.54, 1.807) is 44.2 Å². The van der Waals surface area contributed by atoms with E-state index in [4.69, 9.17) is 4.74 Å². The molecule has 0 atom stereocenters. The Hall–Kier alpha value is -3.08. The summed E-state index contributed by atoms with van der Waals surface area (Å²) < 4.78 is 5.01. The Morgan fingerprint density at radius 3 is 2.66 bits per heavy atom. The van der Waals surface area contributed by atoms with Gasteiger partial charge < -0.3 is 15.2 Å². The number of esters is 1. The second kappa shape index (κ2) is 8.95. The molecule has 2 aromatic carbocycles. The number of aryl methyl sites for hydroxylation is 1. The van der Waals surface area contributed by atoms with Crippen LogP contribution in [0, 0.1) is 12.8 Å². The van der Waals surface area contributed by atoms with E-state index in [1.165, 1.54) is 18.4 Å². The van der Waals surface area contributed by atoms with Gasteiger partial charge in [-0.1, -0.05) is 29.8 Å². The SMILES string of the molecule is CCOC(=O)Cc1ccccc1NC(=O)c1cc(C)c(O)c(/C=C(\C)C2CC2)c1. The molecule has 2 aromatic rings. The molecule has 0 unspecified atom stereocenters. The molecule has 3 rings (SSSR count). The molecule has 1 aliphatic rings. The highest BCUT2D eigenvalue weighted by Gasteiger charge is 2.23. The molecule has 0 radical (unpaired) electrons. The van der Waals surface area contributed by atoms with Crippen LogP contribution in [0.4, 0.5) is 5.69 Å². The first-order valence-electron chi connectivity index (χ1n) is 9.95. The third kappa shape index (κ3) is 5.25. The minimum Gasteiger partial charge on any atom is -0.507 e. The number of nitrogens with one attached hydrogen (secondary N) is 1. The Morgan fingerprint density at radius 1 is 1.24 bits per heavy atom. The third-order valence-corrected chi connectivity index (χ3v) is 5.10. The zero-order valence-corrected chi connectivity index (χ0v) is 17.1. The molecule has 1 fully saturated rings. The smallest absolute Gasteiger partial charge is 0.310 e. The number of allylic oxidation sites excluding steroid dienone is 1. The molecule has 0 saturated heterocycles. The number of rotatable bonds is 7. The molecule has 2 N–H and O–H groups in total. The van der Waals surface area contributed by atoms with Crippen LogP contribution in [0.2, 0.25) is 0 Å². The quantitative estimate of drug-likeness (QED) is 0.658. The fourth-order valence-corrected chi connectivity index (χ4v) is 3.31. The third-order valence-electron chi connectivity index (χ3n) is 5.10. The van der Waals surface area contributed by atoms with Crippen molar-refractivity contribution in [3.63, 3.8) is 0 Å². The predicted molar refractivity (Wildman–Crippen MR) is 114 cm³/mol. The fourth-order valence-electron chi connectivity index (χ4n) is 3.31. The fraction of sp³-hybridized carbons (Fsp3) is 0.333. The number of carbonyl (C=O) groups excluding carboxylic acids is 2. The molecule has 1 aliphatic carbocycles. The van der Waals surface area contributed by atoms with Gasteiger partial charge in [-0.15, -0.1) is 0 Å². The number of aromatic hydroxyl groups is 1. The summed E-state index contributed by atoms with van der Waals surface area (Å²) in [5.74, 6) is 0.159. The molecule has 0 aromatic heterocycles. The van der Waals surface area contributed by atoms with Crippen molar-refractivity contribution in [3.8, 4) is 5.75 Å². The normalized spacial score (nSPS) is 13.8. The number of ether oxygens (including phenoxy) is 1. The Balaban J connectivity index is 1.84. The lowest BCUT2D eigenvalue weighted by atomic mass is 10.0. The maximum Gasteiger partial charge on any atom is 0.310 e. The van der Waals surface area contributed by atoms with Crippen LogP contribution in [-0.4, -0.2) is 23.6 Å². The Labute approximate surface area is 171 Å². The van der Waals surface area contributed by atoms with Crippen molar-refractivity contribution in [2.24, 2.45) is 5.92 Å². The van der Waals surface area contributed by atoms with Crippen LogP contribution in [0.5, 0.6) is 5.75 Å². The number of anilines is 1. The molecule has 0 aliphatic heterocycles. The maximum atomic E-state index is 12.9. The van der Waals surface area contributed by atoms with E-state index >= 15 is 0 Å². The number of para-hydroxylation sites is 1. The number of carbonyl (C=O) groups is 2.